The average Bonchev–Trinajstić information content (AvgIpc) is 2.79. The van der Waals surface area contributed by atoms with Crippen LogP contribution >= 0.6 is 0 Å². The Bertz CT molecular complexity index is 964. The lowest BCUT2D eigenvalue weighted by Gasteiger charge is -2.39. The number of nitrogens with zero attached hydrogens (tertiary/aromatic N) is 7. The third kappa shape index (κ3) is 4.67. The van der Waals surface area contributed by atoms with Crippen molar-refractivity contribution in [3.63, 3.8) is 0 Å². The van der Waals surface area contributed by atoms with Gasteiger partial charge in [0.2, 0.25) is 0 Å². The van der Waals surface area contributed by atoms with Gasteiger partial charge in [-0.15, -0.1) is 13.2 Å². The molecule has 0 spiro atoms. The fraction of sp³-hybridized carbons (Fsp3) is 0.455. The summed E-state index contributed by atoms with van der Waals surface area (Å²) in [6.45, 7) is 16.6. The van der Waals surface area contributed by atoms with Gasteiger partial charge < -0.3 is 9.80 Å². The van der Waals surface area contributed by atoms with Crippen molar-refractivity contribution in [1.29, 1.82) is 0 Å². The molecule has 2 aliphatic rings. The van der Waals surface area contributed by atoms with Crippen LogP contribution in [-0.4, -0.2) is 90.1 Å². The fourth-order valence-electron chi connectivity index (χ4n) is 4.21. The lowest BCUT2D eigenvalue weighted by molar-refractivity contribution is -0.384. The summed E-state index contributed by atoms with van der Waals surface area (Å²) in [7, 11) is 0. The van der Waals surface area contributed by atoms with Crippen molar-refractivity contribution in [2.45, 2.75) is 0 Å². The molecule has 0 amide bonds. The van der Waals surface area contributed by atoms with Crippen molar-refractivity contribution in [3.05, 3.63) is 53.6 Å². The van der Waals surface area contributed by atoms with Gasteiger partial charge in [-0.2, -0.15) is 0 Å². The molecule has 4 rings (SSSR count). The molecule has 164 valence electrons. The number of aromatic nitrogens is 2. The molecule has 1 aromatic carbocycles. The number of nitro benzene ring substituents is 1. The molecule has 3 heterocycles. The zero-order chi connectivity index (χ0) is 21.8. The summed E-state index contributed by atoms with van der Waals surface area (Å²) >= 11 is 0. The molecule has 9 nitrogen and oxygen atoms in total. The number of nitro groups is 1. The molecular weight excluding hydrogens is 394 g/mol. The van der Waals surface area contributed by atoms with Gasteiger partial charge in [-0.05, 0) is 6.07 Å². The van der Waals surface area contributed by atoms with Crippen molar-refractivity contribution in [2.24, 2.45) is 0 Å². The van der Waals surface area contributed by atoms with Gasteiger partial charge in [-0.25, -0.2) is 9.97 Å². The minimum atomic E-state index is -0.387. The Hall–Kier alpha value is -3.04. The Morgan fingerprint density at radius 3 is 1.77 bits per heavy atom. The standard InChI is InChI=1S/C22H29N7O2/c1-3-7-25-9-13-27(14-10-25)21-22(28-15-11-26(8-4-2)12-16-28)24-20-17-18(29(30)31)5-6-19(20)23-21/h3-6,17H,1-2,7-16H2. The van der Waals surface area contributed by atoms with Crippen molar-refractivity contribution >= 4 is 28.4 Å². The third-order valence-corrected chi connectivity index (χ3v) is 5.94. The first kappa shape index (κ1) is 21.2. The van der Waals surface area contributed by atoms with Crippen LogP contribution < -0.4 is 9.80 Å². The lowest BCUT2D eigenvalue weighted by atomic mass is 10.2. The Balaban J connectivity index is 1.66. The molecular formula is C22H29N7O2. The molecule has 0 unspecified atom stereocenters. The monoisotopic (exact) mass is 423 g/mol. The maximum absolute atomic E-state index is 11.2. The van der Waals surface area contributed by atoms with E-state index >= 15 is 0 Å². The van der Waals surface area contributed by atoms with Gasteiger partial charge in [0.25, 0.3) is 5.69 Å². The van der Waals surface area contributed by atoms with E-state index in [1.54, 1.807) is 6.07 Å². The van der Waals surface area contributed by atoms with E-state index in [1.807, 2.05) is 12.2 Å². The van der Waals surface area contributed by atoms with E-state index in [0.29, 0.717) is 11.0 Å². The zero-order valence-electron chi connectivity index (χ0n) is 17.8. The van der Waals surface area contributed by atoms with Crippen LogP contribution in [0.3, 0.4) is 0 Å². The van der Waals surface area contributed by atoms with Crippen molar-refractivity contribution in [1.82, 2.24) is 19.8 Å². The first-order chi connectivity index (χ1) is 15.1. The van der Waals surface area contributed by atoms with E-state index in [-0.39, 0.29) is 10.6 Å². The van der Waals surface area contributed by atoms with Crippen LogP contribution in [0.15, 0.2) is 43.5 Å². The van der Waals surface area contributed by atoms with Crippen LogP contribution in [0.1, 0.15) is 0 Å². The molecule has 0 saturated carbocycles. The number of rotatable bonds is 7. The summed E-state index contributed by atoms with van der Waals surface area (Å²) in [5.41, 5.74) is 1.28. The van der Waals surface area contributed by atoms with Crippen molar-refractivity contribution < 1.29 is 4.92 Å². The number of hydrogen-bond acceptors (Lipinski definition) is 8. The minimum Gasteiger partial charge on any atom is -0.351 e. The van der Waals surface area contributed by atoms with E-state index in [2.05, 4.69) is 32.8 Å². The SMILES string of the molecule is C=CCN1CCN(c2nc3ccc([N+](=O)[O-])cc3nc2N2CCN(CC=C)CC2)CC1. The number of anilines is 2. The highest BCUT2D eigenvalue weighted by Crippen LogP contribution is 2.31. The van der Waals surface area contributed by atoms with Crippen LogP contribution in [0.25, 0.3) is 11.0 Å². The maximum atomic E-state index is 11.2. The molecule has 2 fully saturated rings. The topological polar surface area (TPSA) is 81.9 Å². The number of piperazine rings is 2. The molecule has 2 aliphatic heterocycles. The molecule has 0 N–H and O–H groups in total. The Kier molecular flexibility index (Phi) is 6.43. The summed E-state index contributed by atoms with van der Waals surface area (Å²) < 4.78 is 0. The summed E-state index contributed by atoms with van der Waals surface area (Å²) in [5, 5.41) is 11.2. The number of non-ortho nitro benzene ring substituents is 1. The Morgan fingerprint density at radius 1 is 0.839 bits per heavy atom. The second kappa shape index (κ2) is 9.40. The molecule has 9 heteroatoms. The van der Waals surface area contributed by atoms with Gasteiger partial charge in [-0.3, -0.25) is 19.9 Å². The van der Waals surface area contributed by atoms with Crippen molar-refractivity contribution in [2.75, 3.05) is 75.2 Å². The van der Waals surface area contributed by atoms with Crippen LogP contribution in [0.4, 0.5) is 17.3 Å². The van der Waals surface area contributed by atoms with E-state index < -0.39 is 0 Å². The van der Waals surface area contributed by atoms with Crippen molar-refractivity contribution in [3.8, 4) is 0 Å². The highest BCUT2D eigenvalue weighted by molar-refractivity contribution is 5.83. The fourth-order valence-corrected chi connectivity index (χ4v) is 4.21. The van der Waals surface area contributed by atoms with E-state index in [9.17, 15) is 10.1 Å². The van der Waals surface area contributed by atoms with E-state index in [1.165, 1.54) is 12.1 Å². The smallest absolute Gasteiger partial charge is 0.271 e. The molecule has 0 bridgehead atoms. The zero-order valence-corrected chi connectivity index (χ0v) is 17.8. The lowest BCUT2D eigenvalue weighted by Crippen LogP contribution is -2.49. The van der Waals surface area contributed by atoms with Gasteiger partial charge in [-0.1, -0.05) is 12.2 Å². The molecule has 0 radical (unpaired) electrons. The highest BCUT2D eigenvalue weighted by Gasteiger charge is 2.26. The number of benzene rings is 1. The molecule has 31 heavy (non-hydrogen) atoms. The van der Waals surface area contributed by atoms with Gasteiger partial charge in [0.15, 0.2) is 11.6 Å². The summed E-state index contributed by atoms with van der Waals surface area (Å²) in [6, 6.07) is 4.71. The summed E-state index contributed by atoms with van der Waals surface area (Å²) in [6.07, 6.45) is 3.87. The van der Waals surface area contributed by atoms with Gasteiger partial charge >= 0.3 is 0 Å². The van der Waals surface area contributed by atoms with E-state index in [4.69, 9.17) is 9.97 Å². The Morgan fingerprint density at radius 2 is 1.32 bits per heavy atom. The van der Waals surface area contributed by atoms with Crippen LogP contribution in [0.5, 0.6) is 0 Å². The quantitative estimate of drug-likeness (QED) is 0.381. The minimum absolute atomic E-state index is 0.0364. The van der Waals surface area contributed by atoms with Crippen LogP contribution in [-0.2, 0) is 0 Å². The van der Waals surface area contributed by atoms with E-state index in [0.717, 1.165) is 77.1 Å². The second-order valence-corrected chi connectivity index (χ2v) is 7.95. The first-order valence-electron chi connectivity index (χ1n) is 10.7. The van der Waals surface area contributed by atoms with Crippen LogP contribution in [0, 0.1) is 10.1 Å². The molecule has 2 saturated heterocycles. The number of hydrogen-bond donors (Lipinski definition) is 0. The highest BCUT2D eigenvalue weighted by atomic mass is 16.6. The average molecular weight is 424 g/mol. The third-order valence-electron chi connectivity index (χ3n) is 5.94. The molecule has 2 aromatic rings. The van der Waals surface area contributed by atoms with Crippen LogP contribution in [0.2, 0.25) is 0 Å². The normalized spacial score (nSPS) is 18.3. The molecule has 0 aliphatic carbocycles. The second-order valence-electron chi connectivity index (χ2n) is 7.95. The van der Waals surface area contributed by atoms with Gasteiger partial charge in [0.05, 0.1) is 16.0 Å². The number of fused-ring (bicyclic) bond motifs is 1. The van der Waals surface area contributed by atoms with Gasteiger partial charge in [0.1, 0.15) is 0 Å². The predicted octanol–water partition coefficient (Wildman–Crippen LogP) is 2.15. The molecule has 0 atom stereocenters. The van der Waals surface area contributed by atoms with Gasteiger partial charge in [0, 0.05) is 77.6 Å². The maximum Gasteiger partial charge on any atom is 0.271 e. The Labute approximate surface area is 182 Å². The summed E-state index contributed by atoms with van der Waals surface area (Å²) in [5.74, 6) is 1.69. The predicted molar refractivity (Wildman–Crippen MR) is 124 cm³/mol. The first-order valence-corrected chi connectivity index (χ1v) is 10.7. The summed E-state index contributed by atoms with van der Waals surface area (Å²) in [4.78, 5) is 30.0. The largest absolute Gasteiger partial charge is 0.351 e. The molecule has 1 aromatic heterocycles.